The van der Waals surface area contributed by atoms with Gasteiger partial charge >= 0.3 is 0 Å². The van der Waals surface area contributed by atoms with Crippen LogP contribution in [0, 0.1) is 5.92 Å². The SMILES string of the molecule is CC(C)CNC(=O)CN(C)C(C)c1c(O)cccc1O. The summed E-state index contributed by atoms with van der Waals surface area (Å²) in [6.45, 7) is 6.76. The van der Waals surface area contributed by atoms with E-state index in [1.54, 1.807) is 18.0 Å². The lowest BCUT2D eigenvalue weighted by Gasteiger charge is -2.25. The highest BCUT2D eigenvalue weighted by atomic mass is 16.3. The number of carbonyl (C=O) groups is 1. The second-order valence-electron chi connectivity index (χ2n) is 5.50. The predicted octanol–water partition coefficient (Wildman–Crippen LogP) is 1.86. The molecule has 0 aliphatic carbocycles. The Hall–Kier alpha value is -1.75. The number of rotatable bonds is 6. The molecule has 0 bridgehead atoms. The predicted molar refractivity (Wildman–Crippen MR) is 78.7 cm³/mol. The minimum Gasteiger partial charge on any atom is -0.507 e. The maximum absolute atomic E-state index is 11.8. The van der Waals surface area contributed by atoms with Crippen molar-refractivity contribution in [2.24, 2.45) is 5.92 Å². The molecule has 20 heavy (non-hydrogen) atoms. The van der Waals surface area contributed by atoms with Crippen molar-refractivity contribution in [2.45, 2.75) is 26.8 Å². The first-order valence-electron chi connectivity index (χ1n) is 6.80. The average Bonchev–Trinajstić information content (AvgIpc) is 2.35. The Morgan fingerprint density at radius 3 is 2.30 bits per heavy atom. The molecule has 0 radical (unpaired) electrons. The van der Waals surface area contributed by atoms with Crippen LogP contribution in [-0.2, 0) is 4.79 Å². The fraction of sp³-hybridized carbons (Fsp3) is 0.533. The molecule has 3 N–H and O–H groups in total. The zero-order valence-corrected chi connectivity index (χ0v) is 12.6. The monoisotopic (exact) mass is 280 g/mol. The van der Waals surface area contributed by atoms with Crippen molar-refractivity contribution in [3.05, 3.63) is 23.8 Å². The third-order valence-corrected chi connectivity index (χ3v) is 3.24. The van der Waals surface area contributed by atoms with Crippen LogP contribution in [0.15, 0.2) is 18.2 Å². The van der Waals surface area contributed by atoms with Gasteiger partial charge in [0.05, 0.1) is 12.1 Å². The van der Waals surface area contributed by atoms with Crippen molar-refractivity contribution in [2.75, 3.05) is 20.1 Å². The summed E-state index contributed by atoms with van der Waals surface area (Å²) in [5.74, 6) is 0.408. The fourth-order valence-electron chi connectivity index (χ4n) is 1.93. The van der Waals surface area contributed by atoms with Gasteiger partial charge in [0.25, 0.3) is 0 Å². The summed E-state index contributed by atoms with van der Waals surface area (Å²) in [6.07, 6.45) is 0. The number of nitrogens with one attached hydrogen (secondary N) is 1. The van der Waals surface area contributed by atoms with E-state index < -0.39 is 0 Å². The Bertz CT molecular complexity index is 440. The summed E-state index contributed by atoms with van der Waals surface area (Å²) in [5.41, 5.74) is 0.437. The van der Waals surface area contributed by atoms with E-state index in [4.69, 9.17) is 0 Å². The maximum atomic E-state index is 11.8. The van der Waals surface area contributed by atoms with Crippen LogP contribution >= 0.6 is 0 Å². The van der Waals surface area contributed by atoms with Gasteiger partial charge in [-0.2, -0.15) is 0 Å². The van der Waals surface area contributed by atoms with Gasteiger partial charge in [0.2, 0.25) is 5.91 Å². The third-order valence-electron chi connectivity index (χ3n) is 3.24. The van der Waals surface area contributed by atoms with E-state index >= 15 is 0 Å². The van der Waals surface area contributed by atoms with Crippen molar-refractivity contribution in [1.82, 2.24) is 10.2 Å². The van der Waals surface area contributed by atoms with Crippen LogP contribution in [0.25, 0.3) is 0 Å². The zero-order valence-electron chi connectivity index (χ0n) is 12.6. The van der Waals surface area contributed by atoms with Gasteiger partial charge in [0, 0.05) is 12.6 Å². The summed E-state index contributed by atoms with van der Waals surface area (Å²) in [5, 5.41) is 22.5. The van der Waals surface area contributed by atoms with Crippen molar-refractivity contribution in [3.8, 4) is 11.5 Å². The van der Waals surface area contributed by atoms with Gasteiger partial charge in [-0.25, -0.2) is 0 Å². The van der Waals surface area contributed by atoms with Crippen LogP contribution in [0.3, 0.4) is 0 Å². The van der Waals surface area contributed by atoms with Crippen LogP contribution in [-0.4, -0.2) is 41.2 Å². The fourth-order valence-corrected chi connectivity index (χ4v) is 1.93. The molecule has 5 nitrogen and oxygen atoms in total. The largest absolute Gasteiger partial charge is 0.507 e. The lowest BCUT2D eigenvalue weighted by Crippen LogP contribution is -2.37. The molecule has 0 fully saturated rings. The van der Waals surface area contributed by atoms with E-state index in [1.165, 1.54) is 12.1 Å². The average molecular weight is 280 g/mol. The molecule has 0 aliphatic rings. The Labute approximate surface area is 120 Å². The normalized spacial score (nSPS) is 12.7. The summed E-state index contributed by atoms with van der Waals surface area (Å²) in [7, 11) is 1.78. The minimum absolute atomic E-state index is 0.0342. The highest BCUT2D eigenvalue weighted by Crippen LogP contribution is 2.34. The highest BCUT2D eigenvalue weighted by molar-refractivity contribution is 5.78. The number of carbonyl (C=O) groups excluding carboxylic acids is 1. The molecular formula is C15H24N2O3. The van der Waals surface area contributed by atoms with Crippen LogP contribution in [0.4, 0.5) is 0 Å². The van der Waals surface area contributed by atoms with Crippen molar-refractivity contribution >= 4 is 5.91 Å². The smallest absolute Gasteiger partial charge is 0.234 e. The molecule has 1 rings (SSSR count). The Kier molecular flexibility index (Phi) is 5.82. The van der Waals surface area contributed by atoms with Crippen LogP contribution in [0.1, 0.15) is 32.4 Å². The van der Waals surface area contributed by atoms with E-state index in [9.17, 15) is 15.0 Å². The summed E-state index contributed by atoms with van der Waals surface area (Å²) in [6, 6.07) is 4.37. The molecule has 112 valence electrons. The molecule has 5 heteroatoms. The molecule has 1 atom stereocenters. The van der Waals surface area contributed by atoms with Crippen molar-refractivity contribution in [3.63, 3.8) is 0 Å². The Morgan fingerprint density at radius 1 is 1.25 bits per heavy atom. The first-order chi connectivity index (χ1) is 9.32. The first-order valence-corrected chi connectivity index (χ1v) is 6.80. The standard InChI is InChI=1S/C15H24N2O3/c1-10(2)8-16-14(20)9-17(4)11(3)15-12(18)6-5-7-13(15)19/h5-7,10-11,18-19H,8-9H2,1-4H3,(H,16,20). The van der Waals surface area contributed by atoms with E-state index in [0.717, 1.165) is 0 Å². The second-order valence-corrected chi connectivity index (χ2v) is 5.50. The van der Waals surface area contributed by atoms with Crippen molar-refractivity contribution < 1.29 is 15.0 Å². The lowest BCUT2D eigenvalue weighted by atomic mass is 10.0. The summed E-state index contributed by atoms with van der Waals surface area (Å²) in [4.78, 5) is 13.6. The van der Waals surface area contributed by atoms with Gasteiger partial charge in [-0.05, 0) is 32.0 Å². The van der Waals surface area contributed by atoms with Gasteiger partial charge in [-0.15, -0.1) is 0 Å². The van der Waals surface area contributed by atoms with Gasteiger partial charge in [-0.3, -0.25) is 9.69 Å². The third kappa shape index (κ3) is 4.42. The molecule has 1 aromatic carbocycles. The number of amides is 1. The Balaban J connectivity index is 2.67. The van der Waals surface area contributed by atoms with Crippen LogP contribution in [0.5, 0.6) is 11.5 Å². The maximum Gasteiger partial charge on any atom is 0.234 e. The first kappa shape index (κ1) is 16.3. The molecule has 0 aliphatic heterocycles. The topological polar surface area (TPSA) is 72.8 Å². The van der Waals surface area contributed by atoms with E-state index in [2.05, 4.69) is 5.32 Å². The summed E-state index contributed by atoms with van der Waals surface area (Å²) < 4.78 is 0. The minimum atomic E-state index is -0.263. The number of phenolic OH excluding ortho intramolecular Hbond substituents is 2. The number of likely N-dealkylation sites (N-methyl/N-ethyl adjacent to an activating group) is 1. The van der Waals surface area contributed by atoms with E-state index in [1.807, 2.05) is 20.8 Å². The highest BCUT2D eigenvalue weighted by Gasteiger charge is 2.20. The molecule has 1 amide bonds. The number of hydrogen-bond acceptors (Lipinski definition) is 4. The number of nitrogens with zero attached hydrogens (tertiary/aromatic N) is 1. The quantitative estimate of drug-likeness (QED) is 0.743. The van der Waals surface area contributed by atoms with Crippen LogP contribution in [0.2, 0.25) is 0 Å². The van der Waals surface area contributed by atoms with Gasteiger partial charge < -0.3 is 15.5 Å². The molecule has 0 aromatic heterocycles. The summed E-state index contributed by atoms with van der Waals surface area (Å²) >= 11 is 0. The van der Waals surface area contributed by atoms with Crippen molar-refractivity contribution in [1.29, 1.82) is 0 Å². The molecule has 0 spiro atoms. The number of hydrogen-bond donors (Lipinski definition) is 3. The molecule has 1 unspecified atom stereocenters. The molecular weight excluding hydrogens is 256 g/mol. The number of benzene rings is 1. The Morgan fingerprint density at radius 2 is 1.80 bits per heavy atom. The van der Waals surface area contributed by atoms with Crippen LogP contribution < -0.4 is 5.32 Å². The molecule has 0 saturated heterocycles. The van der Waals surface area contributed by atoms with E-state index in [0.29, 0.717) is 18.0 Å². The molecule has 0 heterocycles. The number of aromatic hydroxyl groups is 2. The number of phenols is 2. The zero-order chi connectivity index (χ0) is 15.3. The van der Waals surface area contributed by atoms with Gasteiger partial charge in [-0.1, -0.05) is 19.9 Å². The molecule has 0 saturated carbocycles. The second kappa shape index (κ2) is 7.14. The van der Waals surface area contributed by atoms with E-state index in [-0.39, 0.29) is 30.0 Å². The molecule has 1 aromatic rings. The lowest BCUT2D eigenvalue weighted by molar-refractivity contribution is -0.122. The van der Waals surface area contributed by atoms with Gasteiger partial charge in [0.15, 0.2) is 0 Å². The van der Waals surface area contributed by atoms with Gasteiger partial charge in [0.1, 0.15) is 11.5 Å².